The van der Waals surface area contributed by atoms with Gasteiger partial charge in [0.25, 0.3) is 0 Å². The second kappa shape index (κ2) is 1.62. The van der Waals surface area contributed by atoms with E-state index in [1.54, 1.807) is 11.3 Å². The fourth-order valence-electron chi connectivity index (χ4n) is 0.513. The lowest BCUT2D eigenvalue weighted by Crippen LogP contribution is -2.02. The summed E-state index contributed by atoms with van der Waals surface area (Å²) in [5.41, 5.74) is 1.25. The number of hydrogen-bond acceptors (Lipinski definition) is 1. The third-order valence-electron chi connectivity index (χ3n) is 0.786. The molecule has 0 saturated carbocycles. The Balaban J connectivity index is 3.04. The maximum Gasteiger partial charge on any atom is 0.232 e. The fraction of sp³-hybridized carbons (Fsp3) is 0.400. The fourth-order valence-corrected chi connectivity index (χ4v) is 1.15. The molecule has 1 nitrogen and oxygen atoms in total. The van der Waals surface area contributed by atoms with Gasteiger partial charge in [-0.05, 0) is 0 Å². The third kappa shape index (κ3) is 0.996. The number of thiazole rings is 1. The Labute approximate surface area is 47.0 Å². The first kappa shape index (κ1) is 4.78. The molecule has 1 rings (SSSR count). The zero-order chi connectivity index (χ0) is 5.28. The molecular weight excluding hydrogens is 106 g/mol. The maximum absolute atomic E-state index is 3.16. The summed E-state index contributed by atoms with van der Waals surface area (Å²) in [6, 6.07) is 0. The van der Waals surface area contributed by atoms with Crippen molar-refractivity contribution in [2.75, 3.05) is 0 Å². The van der Waals surface area contributed by atoms with Gasteiger partial charge >= 0.3 is 0 Å². The van der Waals surface area contributed by atoms with Gasteiger partial charge in [-0.15, -0.1) is 0 Å². The Bertz CT molecular complexity index is 140. The van der Waals surface area contributed by atoms with Gasteiger partial charge in [0.15, 0.2) is 5.69 Å². The molecule has 0 aromatic carbocycles. The Morgan fingerprint density at radius 2 is 2.29 bits per heavy atom. The second-order valence-electron chi connectivity index (χ2n) is 1.60. The highest BCUT2D eigenvalue weighted by Crippen LogP contribution is 1.99. The van der Waals surface area contributed by atoms with E-state index in [2.05, 4.69) is 24.2 Å². The molecule has 1 N–H and O–H groups in total. The van der Waals surface area contributed by atoms with Gasteiger partial charge in [-0.3, -0.25) is 0 Å². The number of aryl methyl sites for hydroxylation is 2. The summed E-state index contributed by atoms with van der Waals surface area (Å²) >= 11 is 1.75. The normalized spacial score (nSPS) is 9.43. The van der Waals surface area contributed by atoms with E-state index in [-0.39, 0.29) is 0 Å². The van der Waals surface area contributed by atoms with E-state index in [9.17, 15) is 0 Å². The van der Waals surface area contributed by atoms with Gasteiger partial charge < -0.3 is 0 Å². The summed E-state index contributed by atoms with van der Waals surface area (Å²) in [5.74, 6) is 0. The Morgan fingerprint density at radius 1 is 1.57 bits per heavy atom. The van der Waals surface area contributed by atoms with Crippen LogP contribution in [0.2, 0.25) is 0 Å². The van der Waals surface area contributed by atoms with Crippen LogP contribution < -0.4 is 4.98 Å². The highest BCUT2D eigenvalue weighted by atomic mass is 32.1. The second-order valence-corrected chi connectivity index (χ2v) is 2.68. The number of nitrogens with one attached hydrogen (secondary N) is 1. The molecule has 0 atom stereocenters. The Morgan fingerprint density at radius 3 is 2.43 bits per heavy atom. The number of aromatic nitrogens is 1. The van der Waals surface area contributed by atoms with Crippen molar-refractivity contribution in [2.24, 2.45) is 0 Å². The van der Waals surface area contributed by atoms with Gasteiger partial charge in [0, 0.05) is 13.8 Å². The smallest absolute Gasteiger partial charge is 0.203 e. The van der Waals surface area contributed by atoms with Gasteiger partial charge in [0.1, 0.15) is 0 Å². The minimum absolute atomic E-state index is 1.25. The van der Waals surface area contributed by atoms with Crippen LogP contribution in [0.4, 0.5) is 0 Å². The number of aromatic amines is 1. The lowest BCUT2D eigenvalue weighted by Gasteiger charge is -1.62. The van der Waals surface area contributed by atoms with E-state index in [0.29, 0.717) is 0 Å². The molecule has 38 valence electrons. The van der Waals surface area contributed by atoms with Crippen LogP contribution in [-0.4, -0.2) is 0 Å². The molecule has 2 heteroatoms. The number of H-pyrrole nitrogens is 1. The van der Waals surface area contributed by atoms with Crippen LogP contribution in [0.5, 0.6) is 0 Å². The molecule has 0 radical (unpaired) electrons. The lowest BCUT2D eigenvalue weighted by atomic mass is 10.6. The molecule has 0 aliphatic carbocycles. The summed E-state index contributed by atoms with van der Waals surface area (Å²) in [6.45, 7) is 4.13. The van der Waals surface area contributed by atoms with Crippen LogP contribution in [0.15, 0.2) is 5.38 Å². The summed E-state index contributed by atoms with van der Waals surface area (Å²) in [7, 11) is 0. The van der Waals surface area contributed by atoms with Gasteiger partial charge in [-0.25, -0.2) is 4.98 Å². The first-order valence-electron chi connectivity index (χ1n) is 2.23. The van der Waals surface area contributed by atoms with Gasteiger partial charge in [0.2, 0.25) is 5.01 Å². The van der Waals surface area contributed by atoms with Crippen molar-refractivity contribution in [1.82, 2.24) is 0 Å². The molecular formula is C5H8NS+. The Kier molecular flexibility index (Phi) is 1.11. The predicted molar refractivity (Wildman–Crippen MR) is 30.3 cm³/mol. The summed E-state index contributed by atoms with van der Waals surface area (Å²) < 4.78 is 0. The van der Waals surface area contributed by atoms with E-state index >= 15 is 0 Å². The molecule has 0 unspecified atom stereocenters. The number of rotatable bonds is 0. The summed E-state index contributed by atoms with van der Waals surface area (Å²) in [5, 5.41) is 3.38. The molecule has 7 heavy (non-hydrogen) atoms. The molecule has 0 saturated heterocycles. The molecule has 1 heterocycles. The van der Waals surface area contributed by atoms with Crippen LogP contribution in [0, 0.1) is 13.8 Å². The summed E-state index contributed by atoms with van der Waals surface area (Å²) in [6.07, 6.45) is 0. The third-order valence-corrected chi connectivity index (χ3v) is 1.71. The lowest BCUT2D eigenvalue weighted by molar-refractivity contribution is -0.388. The topological polar surface area (TPSA) is 14.1 Å². The monoisotopic (exact) mass is 114 g/mol. The highest BCUT2D eigenvalue weighted by Gasteiger charge is 1.95. The van der Waals surface area contributed by atoms with Crippen LogP contribution in [0.3, 0.4) is 0 Å². The zero-order valence-corrected chi connectivity index (χ0v) is 5.30. The average molecular weight is 114 g/mol. The van der Waals surface area contributed by atoms with E-state index < -0.39 is 0 Å². The van der Waals surface area contributed by atoms with E-state index in [0.717, 1.165) is 0 Å². The maximum atomic E-state index is 3.16. The highest BCUT2D eigenvalue weighted by molar-refractivity contribution is 7.09. The molecule has 0 aliphatic heterocycles. The molecule has 0 bridgehead atoms. The minimum atomic E-state index is 1.25. The Hall–Kier alpha value is -0.370. The molecule has 1 aromatic rings. The largest absolute Gasteiger partial charge is 0.232 e. The minimum Gasteiger partial charge on any atom is -0.203 e. The zero-order valence-electron chi connectivity index (χ0n) is 4.49. The van der Waals surface area contributed by atoms with Crippen molar-refractivity contribution in [3.05, 3.63) is 16.1 Å². The predicted octanol–water partition coefficient (Wildman–Crippen LogP) is 1.18. The van der Waals surface area contributed by atoms with Crippen LogP contribution in [0.1, 0.15) is 10.7 Å². The van der Waals surface area contributed by atoms with E-state index in [1.807, 2.05) is 0 Å². The van der Waals surface area contributed by atoms with Gasteiger partial charge in [-0.2, -0.15) is 0 Å². The summed E-state index contributed by atoms with van der Waals surface area (Å²) in [4.78, 5) is 3.16. The molecule has 0 spiro atoms. The van der Waals surface area contributed by atoms with Crippen molar-refractivity contribution < 1.29 is 4.98 Å². The van der Waals surface area contributed by atoms with Crippen molar-refractivity contribution in [1.29, 1.82) is 0 Å². The van der Waals surface area contributed by atoms with Crippen molar-refractivity contribution >= 4 is 11.3 Å². The van der Waals surface area contributed by atoms with Crippen LogP contribution in [0.25, 0.3) is 0 Å². The number of hydrogen-bond donors (Lipinski definition) is 0. The molecule has 0 amide bonds. The van der Waals surface area contributed by atoms with Crippen LogP contribution >= 0.6 is 11.3 Å². The molecule has 0 aliphatic rings. The quantitative estimate of drug-likeness (QED) is 0.481. The first-order valence-corrected chi connectivity index (χ1v) is 3.11. The van der Waals surface area contributed by atoms with E-state index in [4.69, 9.17) is 0 Å². The van der Waals surface area contributed by atoms with Crippen molar-refractivity contribution in [2.45, 2.75) is 13.8 Å². The molecule has 0 fully saturated rings. The van der Waals surface area contributed by atoms with Crippen molar-refractivity contribution in [3.63, 3.8) is 0 Å². The van der Waals surface area contributed by atoms with Crippen LogP contribution in [-0.2, 0) is 0 Å². The van der Waals surface area contributed by atoms with Crippen molar-refractivity contribution in [3.8, 4) is 0 Å². The molecule has 1 aromatic heterocycles. The average Bonchev–Trinajstić information content (AvgIpc) is 1.87. The van der Waals surface area contributed by atoms with Gasteiger partial charge in [-0.1, -0.05) is 11.3 Å². The standard InChI is InChI=1S/C5H7NS/c1-4-3-7-5(2)6-4/h3H,1-2H3/p+1. The first-order chi connectivity index (χ1) is 3.29. The SMILES string of the molecule is Cc1csc(C)[nH+]1. The van der Waals surface area contributed by atoms with E-state index in [1.165, 1.54) is 10.7 Å². The van der Waals surface area contributed by atoms with Gasteiger partial charge in [0.05, 0.1) is 5.38 Å².